The van der Waals surface area contributed by atoms with E-state index in [1.165, 1.54) is 5.57 Å². The van der Waals surface area contributed by atoms with Gasteiger partial charge in [-0.2, -0.15) is 0 Å². The van der Waals surface area contributed by atoms with Crippen LogP contribution in [0.3, 0.4) is 0 Å². The molecule has 0 aromatic heterocycles. The molecule has 1 spiro atoms. The molecule has 3 aliphatic carbocycles. The summed E-state index contributed by atoms with van der Waals surface area (Å²) in [5, 5.41) is 38.4. The van der Waals surface area contributed by atoms with E-state index in [4.69, 9.17) is 10.5 Å². The molecular weight excluding hydrogens is 677 g/mol. The van der Waals surface area contributed by atoms with Crippen molar-refractivity contribution in [2.75, 3.05) is 13.2 Å². The molecule has 2 heterocycles. The minimum absolute atomic E-state index is 0.0255. The van der Waals surface area contributed by atoms with Gasteiger partial charge < -0.3 is 31.1 Å². The van der Waals surface area contributed by atoms with Gasteiger partial charge in [-0.05, 0) is 118 Å². The molecule has 0 saturated heterocycles. The summed E-state index contributed by atoms with van der Waals surface area (Å²) in [6.07, 6.45) is 14.7. The van der Waals surface area contributed by atoms with Crippen LogP contribution in [0.5, 0.6) is 0 Å². The second-order valence-corrected chi connectivity index (χ2v) is 16.7. The predicted octanol–water partition coefficient (Wildman–Crippen LogP) is 6.40. The first kappa shape index (κ1) is 40.1. The molecule has 1 amide bonds. The zero-order chi connectivity index (χ0) is 38.6. The number of nitrogens with two attached hydrogens (primary N) is 1. The van der Waals surface area contributed by atoms with E-state index in [9.17, 15) is 24.9 Å². The Morgan fingerprint density at radius 1 is 1.20 bits per heavy atom. The number of amides is 1. The molecule has 0 bridgehead atoms. The van der Waals surface area contributed by atoms with Gasteiger partial charge in [0, 0.05) is 30.8 Å². The lowest BCUT2D eigenvalue weighted by Crippen LogP contribution is -2.59. The molecule has 8 heteroatoms. The topological polar surface area (TPSA) is 142 Å². The van der Waals surface area contributed by atoms with Gasteiger partial charge >= 0.3 is 0 Å². The van der Waals surface area contributed by atoms with Crippen LogP contribution in [0.25, 0.3) is 0 Å². The van der Waals surface area contributed by atoms with Gasteiger partial charge in [0.2, 0.25) is 5.91 Å². The molecule has 0 unspecified atom stereocenters. The first-order valence-corrected chi connectivity index (χ1v) is 20.1. The van der Waals surface area contributed by atoms with Gasteiger partial charge in [-0.3, -0.25) is 9.59 Å². The number of carbonyl (C=O) groups is 2. The molecule has 1 aromatic rings. The van der Waals surface area contributed by atoms with E-state index >= 15 is 0 Å². The lowest BCUT2D eigenvalue weighted by Gasteiger charge is -2.56. The predicted molar refractivity (Wildman–Crippen MR) is 212 cm³/mol. The van der Waals surface area contributed by atoms with E-state index in [0.717, 1.165) is 65.5 Å². The quantitative estimate of drug-likeness (QED) is 0.129. The van der Waals surface area contributed by atoms with Crippen LogP contribution in [-0.2, 0) is 27.2 Å². The summed E-state index contributed by atoms with van der Waals surface area (Å²) in [5.74, 6) is 5.80. The second-order valence-electron chi connectivity index (χ2n) is 16.7. The van der Waals surface area contributed by atoms with Crippen LogP contribution >= 0.6 is 0 Å². The van der Waals surface area contributed by atoms with Gasteiger partial charge in [0.1, 0.15) is 12.8 Å². The van der Waals surface area contributed by atoms with Crippen molar-refractivity contribution >= 4 is 11.7 Å². The number of carbonyl (C=O) groups excluding carboxylic acids is 2. The van der Waals surface area contributed by atoms with Gasteiger partial charge in [-0.25, -0.2) is 0 Å². The Kier molecular flexibility index (Phi) is 12.7. The third-order valence-electron chi connectivity index (χ3n) is 13.3. The molecule has 3 saturated carbocycles. The highest BCUT2D eigenvalue weighted by atomic mass is 16.5. The van der Waals surface area contributed by atoms with Crippen LogP contribution in [-0.4, -0.2) is 58.0 Å². The first-order chi connectivity index (χ1) is 25.9. The highest BCUT2D eigenvalue weighted by Crippen LogP contribution is 2.66. The van der Waals surface area contributed by atoms with Crippen molar-refractivity contribution in [1.82, 2.24) is 5.32 Å². The van der Waals surface area contributed by atoms with Crippen molar-refractivity contribution in [1.29, 1.82) is 0 Å². The third kappa shape index (κ3) is 8.03. The van der Waals surface area contributed by atoms with Crippen LogP contribution in [0.1, 0.15) is 114 Å². The van der Waals surface area contributed by atoms with E-state index in [-0.39, 0.29) is 55.0 Å². The largest absolute Gasteiger partial charge is 0.396 e. The van der Waals surface area contributed by atoms with E-state index in [1.807, 2.05) is 38.1 Å². The first-order valence-electron chi connectivity index (χ1n) is 20.1. The van der Waals surface area contributed by atoms with Crippen molar-refractivity contribution in [2.24, 2.45) is 28.9 Å². The van der Waals surface area contributed by atoms with Crippen LogP contribution in [0, 0.1) is 35.0 Å². The lowest BCUT2D eigenvalue weighted by molar-refractivity contribution is -0.168. The number of fused-ring (bicyclic) bond motifs is 4. The van der Waals surface area contributed by atoms with Crippen molar-refractivity contribution < 1.29 is 29.6 Å². The molecule has 2 aliphatic heterocycles. The Balaban J connectivity index is 1.38. The summed E-state index contributed by atoms with van der Waals surface area (Å²) >= 11 is 0. The average molecular weight is 737 g/mol. The molecular formula is C46H60N2O6. The van der Waals surface area contributed by atoms with Gasteiger partial charge in [0.05, 0.1) is 24.2 Å². The van der Waals surface area contributed by atoms with Crippen molar-refractivity contribution in [3.8, 4) is 11.8 Å². The molecule has 5 aliphatic rings. The van der Waals surface area contributed by atoms with Crippen LogP contribution in [0.4, 0.5) is 0 Å². The number of aliphatic hydroxyl groups is 3. The number of rotatable bonds is 6. The number of hydrogen-bond donors (Lipinski definition) is 5. The zero-order valence-corrected chi connectivity index (χ0v) is 32.5. The molecule has 3 fully saturated rings. The summed E-state index contributed by atoms with van der Waals surface area (Å²) in [6, 6.07) is 5.68. The number of nitrogens with one attached hydrogen (secondary N) is 1. The van der Waals surface area contributed by atoms with E-state index in [2.05, 4.69) is 48.9 Å². The summed E-state index contributed by atoms with van der Waals surface area (Å²) in [5.41, 5.74) is 11.4. The Morgan fingerprint density at radius 3 is 2.81 bits per heavy atom. The third-order valence-corrected chi connectivity index (χ3v) is 13.3. The number of aliphatic hydroxyl groups excluding tert-OH is 2. The Labute approximate surface area is 321 Å². The molecule has 6 N–H and O–H groups in total. The van der Waals surface area contributed by atoms with Crippen molar-refractivity contribution in [3.05, 3.63) is 93.6 Å². The molecule has 6 rings (SSSR count). The van der Waals surface area contributed by atoms with Gasteiger partial charge in [0.25, 0.3) is 0 Å². The summed E-state index contributed by atoms with van der Waals surface area (Å²) in [4.78, 5) is 26.7. The highest BCUT2D eigenvalue weighted by Gasteiger charge is 2.67. The minimum atomic E-state index is -1.22. The SMILES string of the molecule is C=C1/C=C/C=C2\[C@H]3[C@@H](CCC[C@@H]2OCC#CC/C(C)=C/CC1)C[C@@]1([C@H](CCCO)/C(=C(\C)C(=O)Cc2cccc4c2CC(=O)N[C@H]4N)CC[C@@]1(C)O)[C@@H]3O. The molecule has 8 nitrogen and oxygen atoms in total. The smallest absolute Gasteiger partial charge is 0.225 e. The number of ketones is 1. The fourth-order valence-corrected chi connectivity index (χ4v) is 10.5. The summed E-state index contributed by atoms with van der Waals surface area (Å²) in [6.45, 7) is 10.4. The van der Waals surface area contributed by atoms with E-state index < -0.39 is 23.3 Å². The fraction of sp³-hybridized carbons (Fsp3) is 0.565. The Bertz CT molecular complexity index is 1810. The average Bonchev–Trinajstić information content (AvgIpc) is 3.30. The van der Waals surface area contributed by atoms with Crippen LogP contribution < -0.4 is 11.1 Å². The van der Waals surface area contributed by atoms with E-state index in [0.29, 0.717) is 50.7 Å². The molecule has 1 aromatic carbocycles. The number of ether oxygens (including phenoxy) is 1. The van der Waals surface area contributed by atoms with Gasteiger partial charge in [0.15, 0.2) is 5.78 Å². The number of hydrogen-bond acceptors (Lipinski definition) is 7. The fourth-order valence-electron chi connectivity index (χ4n) is 10.5. The minimum Gasteiger partial charge on any atom is -0.396 e. The zero-order valence-electron chi connectivity index (χ0n) is 32.5. The molecule has 290 valence electrons. The second kappa shape index (κ2) is 17.1. The standard InChI is InChI=1S/C46H60N2O6/c1-29-12-5-6-25-54-40-21-10-17-33-28-46(43(52)42(33)36(40)19-8-15-30(2)14-7-13-29)38(20-11-24-49)34(22-23-45(46,4)53)31(3)39(50)26-32-16-9-18-35-37(32)27-41(51)48-44(35)47/h8-9,13,15-16,18-19,33,38,40,42-44,49,52-53H,2,7,10-12,14,17,20-28,47H2,1,3-4H3,(H,48,51)/b15-8+,29-13+,34-31+,36-19-/t33-,38+,40-,42+,43+,44+,45+,46+/m0/s1. The lowest BCUT2D eigenvalue weighted by atomic mass is 9.52. The highest BCUT2D eigenvalue weighted by molar-refractivity contribution is 5.97. The Morgan fingerprint density at radius 2 is 2.02 bits per heavy atom. The monoisotopic (exact) mass is 736 g/mol. The number of benzene rings is 1. The van der Waals surface area contributed by atoms with E-state index in [1.54, 1.807) is 0 Å². The Hall–Kier alpha value is -3.58. The van der Waals surface area contributed by atoms with Crippen molar-refractivity contribution in [2.45, 2.75) is 128 Å². The maximum absolute atomic E-state index is 14.3. The maximum Gasteiger partial charge on any atom is 0.225 e. The van der Waals surface area contributed by atoms with Crippen LogP contribution in [0.2, 0.25) is 0 Å². The van der Waals surface area contributed by atoms with Crippen LogP contribution in [0.15, 0.2) is 76.9 Å². The number of Topliss-reactive ketones (excluding diaryl/α,β-unsaturated/α-hetero) is 1. The molecule has 0 radical (unpaired) electrons. The summed E-state index contributed by atoms with van der Waals surface area (Å²) in [7, 11) is 0. The maximum atomic E-state index is 14.3. The summed E-state index contributed by atoms with van der Waals surface area (Å²) < 4.78 is 6.53. The molecule has 54 heavy (non-hydrogen) atoms. The van der Waals surface area contributed by atoms with Gasteiger partial charge in [-0.15, -0.1) is 0 Å². The molecule has 8 atom stereocenters. The van der Waals surface area contributed by atoms with Crippen molar-refractivity contribution in [3.63, 3.8) is 0 Å². The number of allylic oxidation sites excluding steroid dienone is 8. The normalized spacial score (nSPS) is 36.6. The van der Waals surface area contributed by atoms with Gasteiger partial charge in [-0.1, -0.05) is 84.1 Å².